The van der Waals surface area contributed by atoms with Crippen molar-refractivity contribution in [2.24, 2.45) is 0 Å². The molecule has 5 nitrogen and oxygen atoms in total. The molecule has 0 unspecified atom stereocenters. The van der Waals surface area contributed by atoms with Crippen LogP contribution in [0, 0.1) is 6.92 Å². The van der Waals surface area contributed by atoms with E-state index in [1.165, 1.54) is 11.1 Å². The number of benzene rings is 3. The molecule has 0 spiro atoms. The van der Waals surface area contributed by atoms with Crippen molar-refractivity contribution in [3.8, 4) is 5.75 Å². The number of fused-ring (bicyclic) bond motifs is 1. The molecule has 4 aromatic rings. The zero-order valence-corrected chi connectivity index (χ0v) is 18.8. The molecule has 1 saturated heterocycles. The van der Waals surface area contributed by atoms with Crippen LogP contribution in [0.3, 0.4) is 0 Å². The van der Waals surface area contributed by atoms with E-state index in [4.69, 9.17) is 21.3 Å². The Hall–Kier alpha value is -3.31. The Balaban J connectivity index is 1.53. The number of anilines is 1. The molecular weight excluding hydrogens is 422 g/mol. The van der Waals surface area contributed by atoms with Gasteiger partial charge in [-0.3, -0.25) is 4.79 Å². The number of methoxy groups -OCH3 is 1. The van der Waals surface area contributed by atoms with E-state index in [9.17, 15) is 4.79 Å². The number of ether oxygens (including phenoxy) is 1. The summed E-state index contributed by atoms with van der Waals surface area (Å²) in [5.41, 5.74) is 5.14. The first-order valence-corrected chi connectivity index (χ1v) is 11.1. The predicted octanol–water partition coefficient (Wildman–Crippen LogP) is 5.58. The molecule has 5 rings (SSSR count). The van der Waals surface area contributed by atoms with Gasteiger partial charge in [0.15, 0.2) is 0 Å². The minimum absolute atomic E-state index is 0.0259. The fourth-order valence-electron chi connectivity index (χ4n) is 4.50. The molecule has 0 bridgehead atoms. The molecule has 6 heteroatoms. The molecule has 1 amide bonds. The molecule has 2 heterocycles. The number of carbonyl (C=O) groups is 1. The van der Waals surface area contributed by atoms with Crippen molar-refractivity contribution in [2.75, 3.05) is 18.6 Å². The van der Waals surface area contributed by atoms with Gasteiger partial charge in [-0.1, -0.05) is 53.6 Å². The monoisotopic (exact) mass is 445 g/mol. The van der Waals surface area contributed by atoms with E-state index in [-0.39, 0.29) is 11.8 Å². The number of imidazole rings is 1. The number of nitrogens with zero attached hydrogens (tertiary/aromatic N) is 3. The van der Waals surface area contributed by atoms with Gasteiger partial charge in [0.2, 0.25) is 5.91 Å². The van der Waals surface area contributed by atoms with E-state index in [2.05, 4.69) is 41.8 Å². The Kier molecular flexibility index (Phi) is 5.35. The zero-order valence-electron chi connectivity index (χ0n) is 18.1. The topological polar surface area (TPSA) is 47.4 Å². The van der Waals surface area contributed by atoms with Gasteiger partial charge in [0.25, 0.3) is 0 Å². The van der Waals surface area contributed by atoms with Gasteiger partial charge in [-0.25, -0.2) is 4.98 Å². The average Bonchev–Trinajstić information content (AvgIpc) is 3.35. The lowest BCUT2D eigenvalue weighted by Gasteiger charge is -2.19. The minimum atomic E-state index is -0.0259. The summed E-state index contributed by atoms with van der Waals surface area (Å²) in [4.78, 5) is 19.7. The molecule has 32 heavy (non-hydrogen) atoms. The number of hydrogen-bond acceptors (Lipinski definition) is 3. The summed E-state index contributed by atoms with van der Waals surface area (Å²) in [6.07, 6.45) is 0.394. The van der Waals surface area contributed by atoms with Crippen molar-refractivity contribution >= 4 is 34.2 Å². The van der Waals surface area contributed by atoms with Crippen LogP contribution in [0.25, 0.3) is 11.0 Å². The van der Waals surface area contributed by atoms with Gasteiger partial charge < -0.3 is 14.2 Å². The van der Waals surface area contributed by atoms with Crippen LogP contribution in [-0.2, 0) is 11.3 Å². The third kappa shape index (κ3) is 3.73. The normalized spacial score (nSPS) is 16.2. The van der Waals surface area contributed by atoms with E-state index >= 15 is 0 Å². The first-order chi connectivity index (χ1) is 15.5. The summed E-state index contributed by atoms with van der Waals surface area (Å²) < 4.78 is 7.59. The van der Waals surface area contributed by atoms with Gasteiger partial charge in [-0.2, -0.15) is 0 Å². The Morgan fingerprint density at radius 2 is 1.94 bits per heavy atom. The molecule has 1 atom stereocenters. The van der Waals surface area contributed by atoms with Gasteiger partial charge in [0.1, 0.15) is 11.6 Å². The lowest BCUT2D eigenvalue weighted by atomic mass is 10.1. The smallest absolute Gasteiger partial charge is 0.227 e. The summed E-state index contributed by atoms with van der Waals surface area (Å²) in [6.45, 7) is 3.34. The van der Waals surface area contributed by atoms with Crippen molar-refractivity contribution in [1.29, 1.82) is 0 Å². The molecule has 1 aliphatic heterocycles. The summed E-state index contributed by atoms with van der Waals surface area (Å²) >= 11 is 6.44. The molecule has 1 aliphatic rings. The first kappa shape index (κ1) is 20.6. The molecule has 0 aliphatic carbocycles. The van der Waals surface area contributed by atoms with Crippen LogP contribution >= 0.6 is 11.6 Å². The fraction of sp³-hybridized carbons (Fsp3) is 0.231. The Morgan fingerprint density at radius 1 is 1.09 bits per heavy atom. The number of aromatic nitrogens is 2. The third-order valence-electron chi connectivity index (χ3n) is 6.04. The largest absolute Gasteiger partial charge is 0.497 e. The van der Waals surface area contributed by atoms with Crippen LogP contribution in [0.15, 0.2) is 66.7 Å². The Labute approximate surface area is 192 Å². The van der Waals surface area contributed by atoms with E-state index in [0.29, 0.717) is 36.0 Å². The number of amides is 1. The Morgan fingerprint density at radius 3 is 2.75 bits per heavy atom. The summed E-state index contributed by atoms with van der Waals surface area (Å²) in [5.74, 6) is 1.62. The number of halogens is 1. The molecule has 0 N–H and O–H groups in total. The highest BCUT2D eigenvalue weighted by Gasteiger charge is 2.35. The maximum atomic E-state index is 13.0. The van der Waals surface area contributed by atoms with Gasteiger partial charge in [-0.05, 0) is 36.8 Å². The lowest BCUT2D eigenvalue weighted by molar-refractivity contribution is -0.117. The number of para-hydroxylation sites is 2. The summed E-state index contributed by atoms with van der Waals surface area (Å²) in [7, 11) is 1.61. The van der Waals surface area contributed by atoms with Crippen LogP contribution in [0.4, 0.5) is 5.69 Å². The van der Waals surface area contributed by atoms with Gasteiger partial charge in [0, 0.05) is 31.5 Å². The molecule has 162 valence electrons. The van der Waals surface area contributed by atoms with Crippen LogP contribution in [0.5, 0.6) is 5.75 Å². The van der Waals surface area contributed by atoms with E-state index < -0.39 is 0 Å². The average molecular weight is 446 g/mol. The molecular formula is C26H24ClN3O2. The second-order valence-corrected chi connectivity index (χ2v) is 8.66. The minimum Gasteiger partial charge on any atom is -0.497 e. The van der Waals surface area contributed by atoms with Crippen LogP contribution in [0.2, 0.25) is 5.02 Å². The predicted molar refractivity (Wildman–Crippen MR) is 128 cm³/mol. The molecule has 0 radical (unpaired) electrons. The van der Waals surface area contributed by atoms with Crippen molar-refractivity contribution in [1.82, 2.24) is 9.55 Å². The van der Waals surface area contributed by atoms with Gasteiger partial charge >= 0.3 is 0 Å². The maximum Gasteiger partial charge on any atom is 0.227 e. The number of carbonyl (C=O) groups excluding carboxylic acids is 1. The highest BCUT2D eigenvalue weighted by atomic mass is 35.5. The zero-order chi connectivity index (χ0) is 22.2. The highest BCUT2D eigenvalue weighted by molar-refractivity contribution is 6.34. The molecule has 3 aromatic carbocycles. The van der Waals surface area contributed by atoms with Crippen molar-refractivity contribution in [3.63, 3.8) is 0 Å². The van der Waals surface area contributed by atoms with Crippen LogP contribution < -0.4 is 9.64 Å². The van der Waals surface area contributed by atoms with E-state index in [1.54, 1.807) is 24.1 Å². The Bertz CT molecular complexity index is 1310. The molecule has 0 saturated carbocycles. The second-order valence-electron chi connectivity index (χ2n) is 8.26. The van der Waals surface area contributed by atoms with Gasteiger partial charge in [-0.15, -0.1) is 0 Å². The van der Waals surface area contributed by atoms with Crippen molar-refractivity contribution in [3.05, 3.63) is 88.7 Å². The highest BCUT2D eigenvalue weighted by Crippen LogP contribution is 2.38. The van der Waals surface area contributed by atoms with Crippen LogP contribution in [0.1, 0.15) is 29.3 Å². The molecule has 1 fully saturated rings. The molecule has 1 aromatic heterocycles. The lowest BCUT2D eigenvalue weighted by Crippen LogP contribution is -2.25. The van der Waals surface area contributed by atoms with E-state index in [1.807, 2.05) is 24.3 Å². The summed E-state index contributed by atoms with van der Waals surface area (Å²) in [6, 6.07) is 22.0. The third-order valence-corrected chi connectivity index (χ3v) is 6.36. The number of aryl methyl sites for hydroxylation is 1. The second kappa shape index (κ2) is 8.32. The van der Waals surface area contributed by atoms with Crippen molar-refractivity contribution < 1.29 is 9.53 Å². The maximum absolute atomic E-state index is 13.0. The van der Waals surface area contributed by atoms with Gasteiger partial charge in [0.05, 0.1) is 28.9 Å². The number of hydrogen-bond donors (Lipinski definition) is 0. The SMILES string of the molecule is COc1ccc(Cl)c(N2C[C@H](c3nc4ccccc4n3Cc3cccc(C)c3)CC2=O)c1. The van der Waals surface area contributed by atoms with E-state index in [0.717, 1.165) is 16.9 Å². The number of rotatable bonds is 5. The van der Waals surface area contributed by atoms with Crippen molar-refractivity contribution in [2.45, 2.75) is 25.8 Å². The first-order valence-electron chi connectivity index (χ1n) is 10.7. The fourth-order valence-corrected chi connectivity index (χ4v) is 4.72. The standard InChI is InChI=1S/C26H24ClN3O2/c1-17-6-5-7-18(12-17)15-30-23-9-4-3-8-22(23)28-26(30)19-13-25(31)29(16-19)24-14-20(32-2)10-11-21(24)27/h3-12,14,19H,13,15-16H2,1-2H3/t19-/m1/s1. The van der Waals surface area contributed by atoms with Crippen LogP contribution in [-0.4, -0.2) is 29.1 Å². The summed E-state index contributed by atoms with van der Waals surface area (Å²) in [5, 5.41) is 0.535. The quantitative estimate of drug-likeness (QED) is 0.403.